The van der Waals surface area contributed by atoms with Crippen molar-refractivity contribution in [3.63, 3.8) is 0 Å². The van der Waals surface area contributed by atoms with E-state index in [0.717, 1.165) is 30.8 Å². The quantitative estimate of drug-likeness (QED) is 0.832. The van der Waals surface area contributed by atoms with Crippen molar-refractivity contribution >= 4 is 11.7 Å². The summed E-state index contributed by atoms with van der Waals surface area (Å²) in [6.07, 6.45) is 4.30. The first kappa shape index (κ1) is 13.6. The Morgan fingerprint density at radius 1 is 1.24 bits per heavy atom. The molecule has 0 aliphatic carbocycles. The minimum absolute atomic E-state index is 0.109. The maximum atomic E-state index is 12.1. The Hall–Kier alpha value is -2.34. The predicted octanol–water partition coefficient (Wildman–Crippen LogP) is 1.25. The molecule has 3 heterocycles. The standard InChI is InChI=1S/C15H17N5O/c1-19-8-5-12(10-19)17-15-18-13(9-14(21)20(15)2)11-3-6-16-7-4-11/h3-4,6-7,9H,5,8,10H2,1-2H3/b17-12-. The van der Waals surface area contributed by atoms with E-state index >= 15 is 0 Å². The number of hydrogen-bond donors (Lipinski definition) is 0. The van der Waals surface area contributed by atoms with Crippen molar-refractivity contribution < 1.29 is 0 Å². The van der Waals surface area contributed by atoms with Crippen molar-refractivity contribution in [2.75, 3.05) is 20.1 Å². The van der Waals surface area contributed by atoms with Crippen LogP contribution in [0.2, 0.25) is 0 Å². The van der Waals surface area contributed by atoms with E-state index in [0.29, 0.717) is 11.6 Å². The highest BCUT2D eigenvalue weighted by molar-refractivity contribution is 5.90. The van der Waals surface area contributed by atoms with Gasteiger partial charge in [0.15, 0.2) is 0 Å². The Morgan fingerprint density at radius 3 is 2.67 bits per heavy atom. The minimum Gasteiger partial charge on any atom is -0.301 e. The highest BCUT2D eigenvalue weighted by Crippen LogP contribution is 2.18. The lowest BCUT2D eigenvalue weighted by Crippen LogP contribution is -2.18. The van der Waals surface area contributed by atoms with E-state index in [4.69, 9.17) is 0 Å². The fraction of sp³-hybridized carbons (Fsp3) is 0.333. The summed E-state index contributed by atoms with van der Waals surface area (Å²) >= 11 is 0. The zero-order valence-electron chi connectivity index (χ0n) is 12.2. The van der Waals surface area contributed by atoms with Gasteiger partial charge in [-0.15, -0.1) is 0 Å². The van der Waals surface area contributed by atoms with Crippen LogP contribution in [-0.2, 0) is 7.05 Å². The van der Waals surface area contributed by atoms with Crippen LogP contribution >= 0.6 is 0 Å². The maximum absolute atomic E-state index is 12.1. The summed E-state index contributed by atoms with van der Waals surface area (Å²) in [6, 6.07) is 5.20. The van der Waals surface area contributed by atoms with Crippen molar-refractivity contribution in [3.8, 4) is 11.3 Å². The van der Waals surface area contributed by atoms with Gasteiger partial charge in [-0.3, -0.25) is 14.3 Å². The van der Waals surface area contributed by atoms with Gasteiger partial charge in [-0.25, -0.2) is 9.98 Å². The van der Waals surface area contributed by atoms with Gasteiger partial charge in [-0.2, -0.15) is 0 Å². The molecule has 0 spiro atoms. The molecule has 0 bridgehead atoms. The highest BCUT2D eigenvalue weighted by atomic mass is 16.1. The van der Waals surface area contributed by atoms with Crippen molar-refractivity contribution in [1.82, 2.24) is 19.4 Å². The number of likely N-dealkylation sites (tertiary alicyclic amines) is 1. The first-order valence-electron chi connectivity index (χ1n) is 6.87. The highest BCUT2D eigenvalue weighted by Gasteiger charge is 2.15. The zero-order valence-corrected chi connectivity index (χ0v) is 12.2. The Kier molecular flexibility index (Phi) is 3.62. The molecule has 0 aromatic carbocycles. The van der Waals surface area contributed by atoms with Gasteiger partial charge in [0.2, 0.25) is 5.95 Å². The molecule has 0 radical (unpaired) electrons. The lowest BCUT2D eigenvalue weighted by atomic mass is 10.2. The van der Waals surface area contributed by atoms with E-state index in [9.17, 15) is 4.79 Å². The molecule has 2 aromatic heterocycles. The molecule has 6 nitrogen and oxygen atoms in total. The fourth-order valence-electron chi connectivity index (χ4n) is 2.32. The van der Waals surface area contributed by atoms with Crippen LogP contribution < -0.4 is 5.56 Å². The van der Waals surface area contributed by atoms with Crippen LogP contribution in [0.1, 0.15) is 6.42 Å². The van der Waals surface area contributed by atoms with E-state index in [1.807, 2.05) is 12.1 Å². The van der Waals surface area contributed by atoms with Crippen molar-refractivity contribution in [1.29, 1.82) is 0 Å². The average molecular weight is 283 g/mol. The van der Waals surface area contributed by atoms with Crippen LogP contribution in [0.4, 0.5) is 5.95 Å². The van der Waals surface area contributed by atoms with Gasteiger partial charge in [0, 0.05) is 49.9 Å². The molecule has 1 aliphatic rings. The molecule has 0 saturated carbocycles. The first-order chi connectivity index (χ1) is 10.1. The fourth-order valence-corrected chi connectivity index (χ4v) is 2.32. The lowest BCUT2D eigenvalue weighted by Gasteiger charge is -2.07. The average Bonchev–Trinajstić information content (AvgIpc) is 2.90. The van der Waals surface area contributed by atoms with Crippen LogP contribution in [0.3, 0.4) is 0 Å². The Labute approximate surface area is 122 Å². The molecule has 1 aliphatic heterocycles. The Bertz CT molecular complexity index is 735. The molecular weight excluding hydrogens is 266 g/mol. The number of nitrogens with zero attached hydrogens (tertiary/aromatic N) is 5. The smallest absolute Gasteiger partial charge is 0.255 e. The summed E-state index contributed by atoms with van der Waals surface area (Å²) in [4.78, 5) is 27.4. The molecule has 21 heavy (non-hydrogen) atoms. The number of hydrogen-bond acceptors (Lipinski definition) is 5. The third-order valence-corrected chi connectivity index (χ3v) is 3.58. The molecule has 0 unspecified atom stereocenters. The molecular formula is C15H17N5O. The number of pyridine rings is 1. The maximum Gasteiger partial charge on any atom is 0.255 e. The van der Waals surface area contributed by atoms with Gasteiger partial charge in [0.25, 0.3) is 5.56 Å². The summed E-state index contributed by atoms with van der Waals surface area (Å²) in [7, 11) is 3.76. The molecule has 1 fully saturated rings. The van der Waals surface area contributed by atoms with Crippen molar-refractivity contribution in [2.45, 2.75) is 6.42 Å². The third kappa shape index (κ3) is 2.90. The molecule has 2 aromatic rings. The van der Waals surface area contributed by atoms with Crippen LogP contribution in [-0.4, -0.2) is 45.3 Å². The van der Waals surface area contributed by atoms with Gasteiger partial charge in [0.05, 0.1) is 5.69 Å². The predicted molar refractivity (Wildman–Crippen MR) is 81.9 cm³/mol. The van der Waals surface area contributed by atoms with Crippen LogP contribution in [0, 0.1) is 0 Å². The lowest BCUT2D eigenvalue weighted by molar-refractivity contribution is 0.428. The number of aromatic nitrogens is 3. The Morgan fingerprint density at radius 2 is 2.00 bits per heavy atom. The summed E-state index contributed by atoms with van der Waals surface area (Å²) in [5.74, 6) is 0.458. The second-order valence-electron chi connectivity index (χ2n) is 5.24. The molecule has 0 N–H and O–H groups in total. The van der Waals surface area contributed by atoms with E-state index in [2.05, 4.69) is 26.9 Å². The van der Waals surface area contributed by atoms with Gasteiger partial charge in [0.1, 0.15) is 0 Å². The minimum atomic E-state index is -0.109. The molecule has 0 amide bonds. The van der Waals surface area contributed by atoms with Crippen LogP contribution in [0.15, 0.2) is 40.4 Å². The third-order valence-electron chi connectivity index (χ3n) is 3.58. The van der Waals surface area contributed by atoms with Gasteiger partial charge in [-0.05, 0) is 25.6 Å². The number of rotatable bonds is 2. The molecule has 6 heteroatoms. The first-order valence-corrected chi connectivity index (χ1v) is 6.87. The summed E-state index contributed by atoms with van der Waals surface area (Å²) < 4.78 is 1.48. The SMILES string of the molecule is CN1CC/C(=N/c2nc(-c3ccncc3)cc(=O)n2C)C1. The summed E-state index contributed by atoms with van der Waals surface area (Å²) in [5, 5.41) is 0. The number of aliphatic imine (C=N–C) groups is 1. The molecule has 3 rings (SSSR count). The Balaban J connectivity index is 2.05. The van der Waals surface area contributed by atoms with Crippen LogP contribution in [0.25, 0.3) is 11.3 Å². The second kappa shape index (κ2) is 5.57. The van der Waals surface area contributed by atoms with E-state index in [-0.39, 0.29) is 5.56 Å². The van der Waals surface area contributed by atoms with E-state index in [1.165, 1.54) is 10.6 Å². The summed E-state index contributed by atoms with van der Waals surface area (Å²) in [5.41, 5.74) is 2.45. The molecule has 0 atom stereocenters. The topological polar surface area (TPSA) is 63.4 Å². The van der Waals surface area contributed by atoms with Crippen LogP contribution in [0.5, 0.6) is 0 Å². The largest absolute Gasteiger partial charge is 0.301 e. The van der Waals surface area contributed by atoms with Crippen molar-refractivity contribution in [2.24, 2.45) is 12.0 Å². The van der Waals surface area contributed by atoms with Crippen molar-refractivity contribution in [3.05, 3.63) is 40.9 Å². The molecule has 108 valence electrons. The second-order valence-corrected chi connectivity index (χ2v) is 5.24. The van der Waals surface area contributed by atoms with Gasteiger partial charge >= 0.3 is 0 Å². The van der Waals surface area contributed by atoms with E-state index < -0.39 is 0 Å². The zero-order chi connectivity index (χ0) is 14.8. The normalized spacial score (nSPS) is 17.5. The van der Waals surface area contributed by atoms with Gasteiger partial charge < -0.3 is 4.90 Å². The van der Waals surface area contributed by atoms with Gasteiger partial charge in [-0.1, -0.05) is 0 Å². The summed E-state index contributed by atoms with van der Waals surface area (Å²) in [6.45, 7) is 1.83. The van der Waals surface area contributed by atoms with E-state index in [1.54, 1.807) is 19.4 Å². The molecule has 1 saturated heterocycles. The monoisotopic (exact) mass is 283 g/mol.